The van der Waals surface area contributed by atoms with Crippen LogP contribution in [-0.4, -0.2) is 40.8 Å². The molecule has 0 unspecified atom stereocenters. The second-order valence-electron chi connectivity index (χ2n) is 6.04. The number of carbonyl (C=O) groups excluding carboxylic acids is 2. The molecule has 2 rings (SSSR count). The lowest BCUT2D eigenvalue weighted by atomic mass is 9.82. The predicted octanol–water partition coefficient (Wildman–Crippen LogP) is 0.265. The number of nitrogens with one attached hydrogen (secondary N) is 1. The molecule has 3 atom stereocenters. The Labute approximate surface area is 143 Å². The smallest absolute Gasteiger partial charge is 0.336 e. The van der Waals surface area contributed by atoms with E-state index in [4.69, 9.17) is 14.2 Å². The molecule has 0 bridgehead atoms. The second kappa shape index (κ2) is 7.22. The summed E-state index contributed by atoms with van der Waals surface area (Å²) in [6.45, 7) is 6.64. The molecule has 9 nitrogen and oxygen atoms in total. The minimum Gasteiger partial charge on any atom is -0.465 e. The van der Waals surface area contributed by atoms with Crippen LogP contribution in [-0.2, 0) is 23.8 Å². The molecule has 1 fully saturated rings. The summed E-state index contributed by atoms with van der Waals surface area (Å²) in [6, 6.07) is 0. The lowest BCUT2D eigenvalue weighted by molar-refractivity contribution is -0.172. The Hall–Kier alpha value is -2.42. The Morgan fingerprint density at radius 2 is 1.96 bits per heavy atom. The molecule has 25 heavy (non-hydrogen) atoms. The molecular formula is C16H22N2O7. The van der Waals surface area contributed by atoms with Gasteiger partial charge in [-0.3, -0.25) is 19.1 Å². The van der Waals surface area contributed by atoms with E-state index in [0.29, 0.717) is 5.56 Å². The van der Waals surface area contributed by atoms with Crippen LogP contribution >= 0.6 is 0 Å². The Morgan fingerprint density at radius 3 is 2.56 bits per heavy atom. The molecule has 0 amide bonds. The van der Waals surface area contributed by atoms with Crippen molar-refractivity contribution in [2.24, 2.45) is 5.41 Å². The SMILES string of the molecule is CCOC(=O)[C@@H]1O[C@H](n2cc(C)c(=O)[nH]c2=O)C[C@]1(C)C(=O)OCC. The molecule has 1 aliphatic rings. The molecule has 0 aromatic carbocycles. The van der Waals surface area contributed by atoms with Gasteiger partial charge < -0.3 is 14.2 Å². The first-order chi connectivity index (χ1) is 11.7. The highest BCUT2D eigenvalue weighted by atomic mass is 16.6. The average molecular weight is 354 g/mol. The maximum atomic E-state index is 12.4. The van der Waals surface area contributed by atoms with Crippen molar-refractivity contribution in [1.29, 1.82) is 0 Å². The van der Waals surface area contributed by atoms with Gasteiger partial charge in [-0.1, -0.05) is 0 Å². The standard InChI is InChI=1S/C16H22N2O7/c1-5-23-13(20)11-16(4,14(21)24-6-2)7-10(25-11)18-8-9(3)12(19)17-15(18)22/h8,10-11H,5-7H2,1-4H3,(H,17,19,22)/t10-,11-,16-/m0/s1. The van der Waals surface area contributed by atoms with E-state index in [1.165, 1.54) is 20.0 Å². The number of aromatic nitrogens is 2. The van der Waals surface area contributed by atoms with Crippen LogP contribution in [0.5, 0.6) is 0 Å². The molecule has 9 heteroatoms. The number of carbonyl (C=O) groups is 2. The molecule has 0 aliphatic carbocycles. The molecular weight excluding hydrogens is 332 g/mol. The van der Waals surface area contributed by atoms with Gasteiger partial charge >= 0.3 is 17.6 Å². The van der Waals surface area contributed by atoms with Gasteiger partial charge in [0.25, 0.3) is 5.56 Å². The van der Waals surface area contributed by atoms with Crippen LogP contribution < -0.4 is 11.2 Å². The molecule has 1 aliphatic heterocycles. The monoisotopic (exact) mass is 354 g/mol. The summed E-state index contributed by atoms with van der Waals surface area (Å²) in [7, 11) is 0. The first-order valence-electron chi connectivity index (χ1n) is 8.06. The zero-order valence-electron chi connectivity index (χ0n) is 14.7. The van der Waals surface area contributed by atoms with Crippen molar-refractivity contribution in [3.05, 3.63) is 32.6 Å². The van der Waals surface area contributed by atoms with Gasteiger partial charge in [-0.15, -0.1) is 0 Å². The van der Waals surface area contributed by atoms with Crippen LogP contribution in [0.1, 0.15) is 39.0 Å². The number of aryl methyl sites for hydroxylation is 1. The number of esters is 2. The van der Waals surface area contributed by atoms with Crippen LogP contribution in [0, 0.1) is 12.3 Å². The summed E-state index contributed by atoms with van der Waals surface area (Å²) < 4.78 is 16.9. The summed E-state index contributed by atoms with van der Waals surface area (Å²) in [4.78, 5) is 50.5. The maximum Gasteiger partial charge on any atom is 0.336 e. The Kier molecular flexibility index (Phi) is 5.46. The number of rotatable bonds is 5. The van der Waals surface area contributed by atoms with Gasteiger partial charge in [-0.05, 0) is 27.7 Å². The van der Waals surface area contributed by atoms with Crippen LogP contribution in [0.25, 0.3) is 0 Å². The van der Waals surface area contributed by atoms with Gasteiger partial charge in [0.05, 0.1) is 13.2 Å². The van der Waals surface area contributed by atoms with Gasteiger partial charge in [0, 0.05) is 18.2 Å². The summed E-state index contributed by atoms with van der Waals surface area (Å²) in [5.41, 5.74) is -2.19. The maximum absolute atomic E-state index is 12.4. The van der Waals surface area contributed by atoms with Crippen LogP contribution in [0.4, 0.5) is 0 Å². The molecule has 1 aromatic heterocycles. The third kappa shape index (κ3) is 3.51. The fourth-order valence-electron chi connectivity index (χ4n) is 2.81. The van der Waals surface area contributed by atoms with E-state index in [1.54, 1.807) is 13.8 Å². The summed E-state index contributed by atoms with van der Waals surface area (Å²) in [6.07, 6.45) is -0.756. The number of ether oxygens (including phenoxy) is 3. The summed E-state index contributed by atoms with van der Waals surface area (Å²) in [5, 5.41) is 0. The number of hydrogen-bond donors (Lipinski definition) is 1. The molecule has 1 saturated heterocycles. The highest BCUT2D eigenvalue weighted by Gasteiger charge is 2.56. The van der Waals surface area contributed by atoms with Gasteiger partial charge in [0.2, 0.25) is 0 Å². The lowest BCUT2D eigenvalue weighted by Gasteiger charge is -2.25. The zero-order valence-corrected chi connectivity index (χ0v) is 14.7. The van der Waals surface area contributed by atoms with Crippen LogP contribution in [0.2, 0.25) is 0 Å². The van der Waals surface area contributed by atoms with E-state index >= 15 is 0 Å². The van der Waals surface area contributed by atoms with Crippen molar-refractivity contribution in [1.82, 2.24) is 9.55 Å². The van der Waals surface area contributed by atoms with E-state index < -0.39 is 40.9 Å². The van der Waals surface area contributed by atoms with Crippen LogP contribution in [0.15, 0.2) is 15.8 Å². The minimum absolute atomic E-state index is 0.0285. The molecule has 0 spiro atoms. The minimum atomic E-state index is -1.31. The van der Waals surface area contributed by atoms with E-state index in [1.807, 2.05) is 0 Å². The quantitative estimate of drug-likeness (QED) is 0.754. The molecule has 0 saturated carbocycles. The van der Waals surface area contributed by atoms with Gasteiger partial charge in [0.1, 0.15) is 11.6 Å². The Bertz CT molecular complexity index is 781. The largest absolute Gasteiger partial charge is 0.465 e. The van der Waals surface area contributed by atoms with Gasteiger partial charge in [-0.25, -0.2) is 9.59 Å². The van der Waals surface area contributed by atoms with E-state index in [-0.39, 0.29) is 19.6 Å². The third-order valence-electron chi connectivity index (χ3n) is 4.17. The van der Waals surface area contributed by atoms with Crippen molar-refractivity contribution in [3.63, 3.8) is 0 Å². The number of hydrogen-bond acceptors (Lipinski definition) is 7. The highest BCUT2D eigenvalue weighted by molar-refractivity contribution is 5.87. The van der Waals surface area contributed by atoms with Gasteiger partial charge in [-0.2, -0.15) is 0 Å². The van der Waals surface area contributed by atoms with Crippen molar-refractivity contribution in [2.45, 2.75) is 46.4 Å². The third-order valence-corrected chi connectivity index (χ3v) is 4.17. The Morgan fingerprint density at radius 1 is 1.32 bits per heavy atom. The number of aromatic amines is 1. The molecule has 1 N–H and O–H groups in total. The van der Waals surface area contributed by atoms with Crippen molar-refractivity contribution < 1.29 is 23.8 Å². The van der Waals surface area contributed by atoms with E-state index in [2.05, 4.69) is 4.98 Å². The van der Waals surface area contributed by atoms with E-state index in [0.717, 1.165) is 4.57 Å². The topological polar surface area (TPSA) is 117 Å². The first kappa shape index (κ1) is 18.9. The van der Waals surface area contributed by atoms with Crippen molar-refractivity contribution in [2.75, 3.05) is 13.2 Å². The first-order valence-corrected chi connectivity index (χ1v) is 8.06. The summed E-state index contributed by atoms with van der Waals surface area (Å²) in [5.74, 6) is -1.31. The fraction of sp³-hybridized carbons (Fsp3) is 0.625. The number of nitrogens with zero attached hydrogens (tertiary/aromatic N) is 1. The zero-order chi connectivity index (χ0) is 18.8. The van der Waals surface area contributed by atoms with Crippen molar-refractivity contribution in [3.8, 4) is 0 Å². The second-order valence-corrected chi connectivity index (χ2v) is 6.04. The summed E-state index contributed by atoms with van der Waals surface area (Å²) >= 11 is 0. The molecule has 2 heterocycles. The average Bonchev–Trinajstić information content (AvgIpc) is 2.90. The lowest BCUT2D eigenvalue weighted by Crippen LogP contribution is -2.43. The normalized spacial score (nSPS) is 25.6. The molecule has 0 radical (unpaired) electrons. The molecule has 1 aromatic rings. The van der Waals surface area contributed by atoms with Crippen molar-refractivity contribution >= 4 is 11.9 Å². The van der Waals surface area contributed by atoms with Crippen LogP contribution in [0.3, 0.4) is 0 Å². The predicted molar refractivity (Wildman–Crippen MR) is 86.0 cm³/mol. The van der Waals surface area contributed by atoms with Gasteiger partial charge in [0.15, 0.2) is 6.10 Å². The number of H-pyrrole nitrogens is 1. The molecule has 138 valence electrons. The fourth-order valence-corrected chi connectivity index (χ4v) is 2.81. The highest BCUT2D eigenvalue weighted by Crippen LogP contribution is 2.44. The Balaban J connectivity index is 2.43. The van der Waals surface area contributed by atoms with E-state index in [9.17, 15) is 19.2 Å².